The number of hydrogen-bond acceptors (Lipinski definition) is 4. The van der Waals surface area contributed by atoms with Crippen molar-refractivity contribution >= 4 is 5.97 Å². The van der Waals surface area contributed by atoms with Crippen LogP contribution in [-0.4, -0.2) is 41.7 Å². The Hall–Kier alpha value is -1.39. The minimum Gasteiger partial charge on any atom is -0.458 e. The van der Waals surface area contributed by atoms with E-state index in [4.69, 9.17) is 4.74 Å². The van der Waals surface area contributed by atoms with E-state index in [-0.39, 0.29) is 12.0 Å². The maximum absolute atomic E-state index is 13.2. The van der Waals surface area contributed by atoms with E-state index in [0.29, 0.717) is 11.5 Å². The van der Waals surface area contributed by atoms with Gasteiger partial charge in [-0.05, 0) is 50.3 Å². The zero-order valence-corrected chi connectivity index (χ0v) is 14.9. The van der Waals surface area contributed by atoms with E-state index in [9.17, 15) is 9.90 Å². The number of hydrogen-bond donors (Lipinski definition) is 1. The summed E-state index contributed by atoms with van der Waals surface area (Å²) in [6.07, 6.45) is 7.27. The van der Waals surface area contributed by atoms with Gasteiger partial charge in [0.1, 0.15) is 6.10 Å². The fourth-order valence-electron chi connectivity index (χ4n) is 5.00. The van der Waals surface area contributed by atoms with Gasteiger partial charge in [-0.1, -0.05) is 49.6 Å². The fourth-order valence-corrected chi connectivity index (χ4v) is 5.00. The van der Waals surface area contributed by atoms with E-state index in [1.807, 2.05) is 30.3 Å². The first-order chi connectivity index (χ1) is 12.2. The van der Waals surface area contributed by atoms with Crippen LogP contribution in [-0.2, 0) is 15.1 Å². The summed E-state index contributed by atoms with van der Waals surface area (Å²) >= 11 is 0. The molecule has 1 aromatic carbocycles. The molecule has 0 radical (unpaired) electrons. The van der Waals surface area contributed by atoms with Crippen molar-refractivity contribution in [2.75, 3.05) is 19.6 Å². The number of carbonyl (C=O) groups is 1. The Bertz CT molecular complexity index is 590. The van der Waals surface area contributed by atoms with Crippen LogP contribution < -0.4 is 0 Å². The quantitative estimate of drug-likeness (QED) is 0.854. The summed E-state index contributed by atoms with van der Waals surface area (Å²) in [4.78, 5) is 15.6. The molecule has 4 aliphatic rings. The van der Waals surface area contributed by atoms with Crippen molar-refractivity contribution in [2.45, 2.75) is 56.7 Å². The highest BCUT2D eigenvalue weighted by atomic mass is 16.6. The zero-order chi connectivity index (χ0) is 17.3. The Kier molecular flexibility index (Phi) is 4.83. The average molecular weight is 343 g/mol. The second-order valence-electron chi connectivity index (χ2n) is 8.05. The summed E-state index contributed by atoms with van der Waals surface area (Å²) < 4.78 is 5.97. The zero-order valence-electron chi connectivity index (χ0n) is 14.9. The van der Waals surface area contributed by atoms with Crippen molar-refractivity contribution in [3.63, 3.8) is 0 Å². The Morgan fingerprint density at radius 1 is 1.04 bits per heavy atom. The summed E-state index contributed by atoms with van der Waals surface area (Å²) in [5.41, 5.74) is -0.818. The predicted molar refractivity (Wildman–Crippen MR) is 96.0 cm³/mol. The van der Waals surface area contributed by atoms with E-state index < -0.39 is 11.6 Å². The molecule has 1 aliphatic carbocycles. The van der Waals surface area contributed by atoms with Crippen LogP contribution in [0.4, 0.5) is 0 Å². The van der Waals surface area contributed by atoms with E-state index in [1.165, 1.54) is 6.42 Å². The van der Waals surface area contributed by atoms with Crippen LogP contribution in [0.3, 0.4) is 0 Å². The summed E-state index contributed by atoms with van der Waals surface area (Å²) in [7, 11) is 0. The molecule has 0 spiro atoms. The van der Waals surface area contributed by atoms with E-state index in [1.54, 1.807) is 0 Å². The van der Waals surface area contributed by atoms with Crippen LogP contribution in [0.15, 0.2) is 30.3 Å². The topological polar surface area (TPSA) is 49.8 Å². The molecule has 4 fully saturated rings. The molecular weight excluding hydrogens is 314 g/mol. The number of rotatable bonds is 4. The average Bonchev–Trinajstić information content (AvgIpc) is 2.69. The summed E-state index contributed by atoms with van der Waals surface area (Å²) in [5.74, 6) is -0.0121. The van der Waals surface area contributed by atoms with Crippen molar-refractivity contribution in [1.29, 1.82) is 0 Å². The van der Waals surface area contributed by atoms with Crippen molar-refractivity contribution in [3.05, 3.63) is 35.9 Å². The second-order valence-corrected chi connectivity index (χ2v) is 8.05. The molecule has 3 aliphatic heterocycles. The Labute approximate surface area is 150 Å². The smallest absolute Gasteiger partial charge is 0.343 e. The number of benzene rings is 1. The third-order valence-corrected chi connectivity index (χ3v) is 6.58. The van der Waals surface area contributed by atoms with Gasteiger partial charge in [-0.25, -0.2) is 4.79 Å². The highest BCUT2D eigenvalue weighted by Gasteiger charge is 2.49. The second kappa shape index (κ2) is 7.08. The van der Waals surface area contributed by atoms with Crippen LogP contribution in [0.25, 0.3) is 0 Å². The molecule has 0 amide bonds. The molecule has 2 bridgehead atoms. The van der Waals surface area contributed by atoms with Gasteiger partial charge in [0, 0.05) is 12.5 Å². The van der Waals surface area contributed by atoms with Gasteiger partial charge in [0.25, 0.3) is 0 Å². The van der Waals surface area contributed by atoms with E-state index in [2.05, 4.69) is 4.90 Å². The Balaban J connectivity index is 1.58. The number of fused-ring (bicyclic) bond motifs is 3. The molecule has 136 valence electrons. The lowest BCUT2D eigenvalue weighted by atomic mass is 9.73. The van der Waals surface area contributed by atoms with Gasteiger partial charge in [-0.15, -0.1) is 0 Å². The summed E-state index contributed by atoms with van der Waals surface area (Å²) in [6, 6.07) is 9.44. The van der Waals surface area contributed by atoms with Gasteiger partial charge in [0.15, 0.2) is 5.60 Å². The first kappa shape index (κ1) is 17.0. The lowest BCUT2D eigenvalue weighted by molar-refractivity contribution is -0.189. The maximum Gasteiger partial charge on any atom is 0.343 e. The van der Waals surface area contributed by atoms with Crippen LogP contribution in [0.1, 0.15) is 50.5 Å². The van der Waals surface area contributed by atoms with Crippen molar-refractivity contribution in [2.24, 2.45) is 11.8 Å². The first-order valence-electron chi connectivity index (χ1n) is 9.89. The van der Waals surface area contributed by atoms with E-state index >= 15 is 0 Å². The van der Waals surface area contributed by atoms with Crippen LogP contribution in [0.5, 0.6) is 0 Å². The molecule has 2 atom stereocenters. The predicted octanol–water partition coefficient (Wildman–Crippen LogP) is 3.09. The van der Waals surface area contributed by atoms with Crippen molar-refractivity contribution in [1.82, 2.24) is 4.90 Å². The maximum atomic E-state index is 13.2. The molecule has 3 heterocycles. The monoisotopic (exact) mass is 343 g/mol. The van der Waals surface area contributed by atoms with Gasteiger partial charge < -0.3 is 9.84 Å². The molecular formula is C21H29NO3. The summed E-state index contributed by atoms with van der Waals surface area (Å²) in [5, 5.41) is 11.6. The molecule has 4 nitrogen and oxygen atoms in total. The van der Waals surface area contributed by atoms with Crippen LogP contribution in [0.2, 0.25) is 0 Å². The Morgan fingerprint density at radius 3 is 2.32 bits per heavy atom. The fraction of sp³-hybridized carbons (Fsp3) is 0.667. The van der Waals surface area contributed by atoms with Gasteiger partial charge in [-0.2, -0.15) is 0 Å². The third-order valence-electron chi connectivity index (χ3n) is 6.58. The Morgan fingerprint density at radius 2 is 1.72 bits per heavy atom. The normalized spacial score (nSPS) is 32.1. The molecule has 0 unspecified atom stereocenters. The molecule has 25 heavy (non-hydrogen) atoms. The summed E-state index contributed by atoms with van der Waals surface area (Å²) in [6.45, 7) is 3.06. The van der Waals surface area contributed by atoms with Gasteiger partial charge in [0.2, 0.25) is 0 Å². The van der Waals surface area contributed by atoms with Crippen LogP contribution in [0, 0.1) is 11.8 Å². The minimum atomic E-state index is -1.51. The molecule has 1 N–H and O–H groups in total. The molecule has 3 saturated heterocycles. The van der Waals surface area contributed by atoms with Crippen LogP contribution >= 0.6 is 0 Å². The number of aliphatic hydroxyl groups is 1. The van der Waals surface area contributed by atoms with Crippen molar-refractivity contribution < 1.29 is 14.6 Å². The highest BCUT2D eigenvalue weighted by Crippen LogP contribution is 2.41. The standard InChI is InChI=1S/C21H29NO3/c23-20(25-19-15-22-13-11-16(19)12-14-22)21(24,17-7-3-1-4-8-17)18-9-5-2-6-10-18/h1,3-4,7-8,16,18-19,24H,2,5-6,9-15H2/t19-,21-/m0/s1. The molecule has 4 heteroatoms. The number of esters is 1. The first-order valence-corrected chi connectivity index (χ1v) is 9.89. The number of carbonyl (C=O) groups excluding carboxylic acids is 1. The number of ether oxygens (including phenoxy) is 1. The van der Waals surface area contributed by atoms with Crippen molar-refractivity contribution in [3.8, 4) is 0 Å². The third kappa shape index (κ3) is 3.22. The highest BCUT2D eigenvalue weighted by molar-refractivity contribution is 5.81. The minimum absolute atomic E-state index is 0.0442. The lowest BCUT2D eigenvalue weighted by Gasteiger charge is -2.45. The van der Waals surface area contributed by atoms with E-state index in [0.717, 1.165) is 58.2 Å². The number of nitrogens with zero attached hydrogens (tertiary/aromatic N) is 1. The molecule has 1 saturated carbocycles. The van der Waals surface area contributed by atoms with Gasteiger partial charge in [-0.3, -0.25) is 4.90 Å². The van der Waals surface area contributed by atoms with Gasteiger partial charge in [0.05, 0.1) is 0 Å². The molecule has 1 aromatic rings. The molecule has 5 rings (SSSR count). The number of piperidine rings is 3. The largest absolute Gasteiger partial charge is 0.458 e. The lowest BCUT2D eigenvalue weighted by Crippen LogP contribution is -2.54. The molecule has 0 aromatic heterocycles. The van der Waals surface area contributed by atoms with Gasteiger partial charge >= 0.3 is 5.97 Å². The SMILES string of the molecule is O=C(O[C@H]1CN2CCC1CC2)[C@](O)(c1ccccc1)C1CCCCC1.